The van der Waals surface area contributed by atoms with E-state index in [1.54, 1.807) is 17.0 Å². The molecule has 0 bridgehead atoms. The first-order chi connectivity index (χ1) is 16.0. The molecule has 1 fully saturated rings. The maximum atomic E-state index is 13.5. The topological polar surface area (TPSA) is 106 Å². The highest BCUT2D eigenvalue weighted by Gasteiger charge is 2.28. The van der Waals surface area contributed by atoms with Gasteiger partial charge in [-0.1, -0.05) is 35.5 Å². The Hall–Kier alpha value is -3.59. The van der Waals surface area contributed by atoms with Crippen molar-refractivity contribution in [3.63, 3.8) is 0 Å². The number of likely N-dealkylation sites (tertiary alicyclic amines) is 1. The zero-order valence-electron chi connectivity index (χ0n) is 18.2. The number of nitrogens with zero attached hydrogens (tertiary/aromatic N) is 4. The van der Waals surface area contributed by atoms with E-state index in [1.165, 1.54) is 12.1 Å². The number of piperidine rings is 1. The second-order valence-electron chi connectivity index (χ2n) is 8.14. The van der Waals surface area contributed by atoms with Crippen LogP contribution in [-0.4, -0.2) is 53.0 Å². The van der Waals surface area contributed by atoms with Crippen LogP contribution in [0.4, 0.5) is 10.1 Å². The SMILES string of the molecule is NC(=O)CCN(C(=O)CN1CCCC(c2nc(-c3cccc(F)c3)no2)C1)c1ccccc1. The molecule has 0 saturated carbocycles. The quantitative estimate of drug-likeness (QED) is 0.565. The largest absolute Gasteiger partial charge is 0.370 e. The second-order valence-corrected chi connectivity index (χ2v) is 8.14. The van der Waals surface area contributed by atoms with Crippen molar-refractivity contribution in [1.82, 2.24) is 15.0 Å². The summed E-state index contributed by atoms with van der Waals surface area (Å²) in [4.78, 5) is 32.6. The molecule has 2 N–H and O–H groups in total. The van der Waals surface area contributed by atoms with Crippen molar-refractivity contribution >= 4 is 17.5 Å². The number of benzene rings is 2. The van der Waals surface area contributed by atoms with Crippen molar-refractivity contribution in [2.75, 3.05) is 31.1 Å². The molecular weight excluding hydrogens is 425 g/mol. The first-order valence-corrected chi connectivity index (χ1v) is 10.9. The van der Waals surface area contributed by atoms with Gasteiger partial charge in [0.05, 0.1) is 12.5 Å². The van der Waals surface area contributed by atoms with Crippen LogP contribution < -0.4 is 10.6 Å². The highest BCUT2D eigenvalue weighted by molar-refractivity contribution is 5.95. The lowest BCUT2D eigenvalue weighted by Gasteiger charge is -2.32. The number of rotatable bonds is 8. The number of hydrogen-bond acceptors (Lipinski definition) is 6. The van der Waals surface area contributed by atoms with E-state index in [1.807, 2.05) is 30.3 Å². The van der Waals surface area contributed by atoms with E-state index in [9.17, 15) is 14.0 Å². The Balaban J connectivity index is 1.42. The Labute approximate surface area is 191 Å². The lowest BCUT2D eigenvalue weighted by atomic mass is 9.98. The molecule has 1 saturated heterocycles. The number of amides is 2. The summed E-state index contributed by atoms with van der Waals surface area (Å²) in [6.45, 7) is 1.80. The monoisotopic (exact) mass is 451 g/mol. The van der Waals surface area contributed by atoms with Crippen LogP contribution in [-0.2, 0) is 9.59 Å². The van der Waals surface area contributed by atoms with Crippen LogP contribution in [0.5, 0.6) is 0 Å². The molecule has 1 unspecified atom stereocenters. The smallest absolute Gasteiger partial charge is 0.241 e. The fraction of sp³-hybridized carbons (Fsp3) is 0.333. The van der Waals surface area contributed by atoms with Crippen molar-refractivity contribution in [1.29, 1.82) is 0 Å². The minimum atomic E-state index is -0.452. The molecule has 0 spiro atoms. The number of halogens is 1. The molecule has 9 heteroatoms. The lowest BCUT2D eigenvalue weighted by Crippen LogP contribution is -2.44. The molecule has 33 heavy (non-hydrogen) atoms. The molecule has 1 aliphatic rings. The lowest BCUT2D eigenvalue weighted by molar-refractivity contribution is -0.120. The third-order valence-corrected chi connectivity index (χ3v) is 5.69. The Morgan fingerprint density at radius 2 is 2.00 bits per heavy atom. The van der Waals surface area contributed by atoms with Crippen LogP contribution in [0.1, 0.15) is 31.1 Å². The van der Waals surface area contributed by atoms with Crippen molar-refractivity contribution in [3.05, 3.63) is 66.3 Å². The van der Waals surface area contributed by atoms with Gasteiger partial charge in [0.25, 0.3) is 0 Å². The van der Waals surface area contributed by atoms with Gasteiger partial charge in [0.1, 0.15) is 5.82 Å². The number of anilines is 1. The summed E-state index contributed by atoms with van der Waals surface area (Å²) in [5, 5.41) is 4.01. The predicted molar refractivity (Wildman–Crippen MR) is 121 cm³/mol. The summed E-state index contributed by atoms with van der Waals surface area (Å²) in [6, 6.07) is 15.3. The highest BCUT2D eigenvalue weighted by Crippen LogP contribution is 2.28. The van der Waals surface area contributed by atoms with Gasteiger partial charge >= 0.3 is 0 Å². The van der Waals surface area contributed by atoms with E-state index in [0.29, 0.717) is 23.8 Å². The van der Waals surface area contributed by atoms with Gasteiger partial charge in [0, 0.05) is 30.8 Å². The van der Waals surface area contributed by atoms with Gasteiger partial charge < -0.3 is 15.2 Å². The summed E-state index contributed by atoms with van der Waals surface area (Å²) in [5.41, 5.74) is 6.59. The molecule has 172 valence electrons. The minimum Gasteiger partial charge on any atom is -0.370 e. The number of primary amides is 1. The van der Waals surface area contributed by atoms with Gasteiger partial charge in [-0.3, -0.25) is 14.5 Å². The summed E-state index contributed by atoms with van der Waals surface area (Å²) >= 11 is 0. The number of carbonyl (C=O) groups is 2. The van der Waals surface area contributed by atoms with Crippen molar-refractivity contribution < 1.29 is 18.5 Å². The molecule has 3 aromatic rings. The molecule has 2 aromatic carbocycles. The van der Waals surface area contributed by atoms with Gasteiger partial charge in [-0.2, -0.15) is 4.98 Å². The molecule has 1 aliphatic heterocycles. The molecular formula is C24H26FN5O3. The summed E-state index contributed by atoms with van der Waals surface area (Å²) in [5.74, 6) is -0.0986. The molecule has 1 atom stereocenters. The van der Waals surface area contributed by atoms with Crippen molar-refractivity contribution in [2.45, 2.75) is 25.2 Å². The molecule has 2 amide bonds. The van der Waals surface area contributed by atoms with E-state index >= 15 is 0 Å². The van der Waals surface area contributed by atoms with Gasteiger partial charge in [-0.15, -0.1) is 0 Å². The van der Waals surface area contributed by atoms with Gasteiger partial charge in [0.15, 0.2) is 0 Å². The molecule has 8 nitrogen and oxygen atoms in total. The summed E-state index contributed by atoms with van der Waals surface area (Å²) in [7, 11) is 0. The zero-order valence-corrected chi connectivity index (χ0v) is 18.2. The van der Waals surface area contributed by atoms with Crippen molar-refractivity contribution in [3.8, 4) is 11.4 Å². The van der Waals surface area contributed by atoms with Crippen LogP contribution in [0.2, 0.25) is 0 Å². The molecule has 4 rings (SSSR count). The Bertz CT molecular complexity index is 1100. The Kier molecular flexibility index (Phi) is 7.09. The molecule has 2 heterocycles. The average Bonchev–Trinajstić information content (AvgIpc) is 3.30. The highest BCUT2D eigenvalue weighted by atomic mass is 19.1. The third-order valence-electron chi connectivity index (χ3n) is 5.69. The first kappa shape index (κ1) is 22.6. The molecule has 0 aliphatic carbocycles. The fourth-order valence-corrected chi connectivity index (χ4v) is 4.05. The fourth-order valence-electron chi connectivity index (χ4n) is 4.05. The van der Waals surface area contributed by atoms with Gasteiger partial charge in [-0.05, 0) is 43.7 Å². The van der Waals surface area contributed by atoms with Gasteiger partial charge in [-0.25, -0.2) is 4.39 Å². The van der Waals surface area contributed by atoms with Crippen LogP contribution >= 0.6 is 0 Å². The maximum absolute atomic E-state index is 13.5. The van der Waals surface area contributed by atoms with E-state index < -0.39 is 5.91 Å². The van der Waals surface area contributed by atoms with Crippen LogP contribution in [0.25, 0.3) is 11.4 Å². The van der Waals surface area contributed by atoms with Crippen LogP contribution in [0.3, 0.4) is 0 Å². The van der Waals surface area contributed by atoms with Crippen molar-refractivity contribution in [2.24, 2.45) is 5.73 Å². The van der Waals surface area contributed by atoms with E-state index in [0.717, 1.165) is 25.1 Å². The third kappa shape index (κ3) is 5.81. The normalized spacial score (nSPS) is 16.5. The zero-order chi connectivity index (χ0) is 23.2. The van der Waals surface area contributed by atoms with Gasteiger partial charge in [0.2, 0.25) is 23.5 Å². The average molecular weight is 452 g/mol. The Morgan fingerprint density at radius 1 is 1.18 bits per heavy atom. The number of carbonyl (C=O) groups excluding carboxylic acids is 2. The minimum absolute atomic E-state index is 0.0165. The van der Waals surface area contributed by atoms with E-state index in [4.69, 9.17) is 10.3 Å². The number of aromatic nitrogens is 2. The molecule has 0 radical (unpaired) electrons. The Morgan fingerprint density at radius 3 is 2.76 bits per heavy atom. The number of hydrogen-bond donors (Lipinski definition) is 1. The summed E-state index contributed by atoms with van der Waals surface area (Å²) in [6.07, 6.45) is 1.83. The van der Waals surface area contributed by atoms with Crippen LogP contribution in [0.15, 0.2) is 59.1 Å². The summed E-state index contributed by atoms with van der Waals surface area (Å²) < 4.78 is 19.0. The van der Waals surface area contributed by atoms with E-state index in [-0.39, 0.29) is 37.2 Å². The van der Waals surface area contributed by atoms with E-state index in [2.05, 4.69) is 15.0 Å². The number of nitrogens with two attached hydrogens (primary N) is 1. The second kappa shape index (κ2) is 10.4. The standard InChI is InChI=1S/C24H26FN5O3/c25-19-8-4-6-17(14-19)23-27-24(33-28-23)18-7-5-12-29(15-18)16-22(32)30(13-11-21(26)31)20-9-2-1-3-10-20/h1-4,6,8-10,14,18H,5,7,11-13,15-16H2,(H2,26,31). The number of para-hydroxylation sites is 1. The van der Waals surface area contributed by atoms with Crippen LogP contribution in [0, 0.1) is 5.82 Å². The first-order valence-electron chi connectivity index (χ1n) is 10.9. The maximum Gasteiger partial charge on any atom is 0.241 e. The molecule has 1 aromatic heterocycles. The predicted octanol–water partition coefficient (Wildman–Crippen LogP) is 2.96.